The SMILES string of the molecule is CC(=O)OC(C)(c1ccccc1)P1(=O)OCC(C)(C)CO1. The summed E-state index contributed by atoms with van der Waals surface area (Å²) in [4.78, 5) is 11.5. The fourth-order valence-electron chi connectivity index (χ4n) is 2.14. The first-order chi connectivity index (χ1) is 9.69. The first kappa shape index (κ1) is 16.2. The number of carbonyl (C=O) groups is 1. The summed E-state index contributed by atoms with van der Waals surface area (Å²) in [5.41, 5.74) is 0.366. The maximum absolute atomic E-state index is 13.2. The van der Waals surface area contributed by atoms with E-state index in [1.54, 1.807) is 31.2 Å². The van der Waals surface area contributed by atoms with Crippen LogP contribution in [0, 0.1) is 5.41 Å². The molecule has 5 nitrogen and oxygen atoms in total. The highest BCUT2D eigenvalue weighted by molar-refractivity contribution is 7.55. The Kier molecular flexibility index (Phi) is 4.29. The maximum Gasteiger partial charge on any atom is 0.378 e. The van der Waals surface area contributed by atoms with Crippen LogP contribution >= 0.6 is 7.60 Å². The lowest BCUT2D eigenvalue weighted by Crippen LogP contribution is -2.37. The van der Waals surface area contributed by atoms with Crippen molar-refractivity contribution in [3.8, 4) is 0 Å². The second-order valence-corrected chi connectivity index (χ2v) is 8.52. The highest BCUT2D eigenvalue weighted by Crippen LogP contribution is 2.67. The summed E-state index contributed by atoms with van der Waals surface area (Å²) in [6.07, 6.45) is 0. The van der Waals surface area contributed by atoms with Gasteiger partial charge >= 0.3 is 13.6 Å². The molecule has 116 valence electrons. The molecule has 1 heterocycles. The molecule has 0 saturated carbocycles. The number of hydrogen-bond acceptors (Lipinski definition) is 5. The van der Waals surface area contributed by atoms with Crippen LogP contribution in [0.5, 0.6) is 0 Å². The second-order valence-electron chi connectivity index (χ2n) is 6.15. The van der Waals surface area contributed by atoms with Crippen molar-refractivity contribution >= 4 is 13.6 Å². The predicted molar refractivity (Wildman–Crippen MR) is 78.9 cm³/mol. The molecule has 0 amide bonds. The van der Waals surface area contributed by atoms with Crippen molar-refractivity contribution in [2.24, 2.45) is 5.41 Å². The fourth-order valence-corrected chi connectivity index (χ4v) is 4.46. The van der Waals surface area contributed by atoms with Crippen LogP contribution < -0.4 is 0 Å². The molecule has 6 heteroatoms. The number of rotatable bonds is 3. The van der Waals surface area contributed by atoms with E-state index in [-0.39, 0.29) is 18.6 Å². The standard InChI is InChI=1S/C15H21O5P/c1-12(16)20-15(4,13-8-6-5-7-9-13)21(17)18-10-14(2,3)11-19-21/h5-9H,10-11H2,1-4H3. The molecule has 2 rings (SSSR count). The molecule has 1 atom stereocenters. The monoisotopic (exact) mass is 312 g/mol. The van der Waals surface area contributed by atoms with E-state index in [0.29, 0.717) is 5.56 Å². The molecule has 1 fully saturated rings. The minimum absolute atomic E-state index is 0.221. The topological polar surface area (TPSA) is 61.8 Å². The quantitative estimate of drug-likeness (QED) is 0.629. The molecule has 1 aromatic carbocycles. The molecule has 1 aromatic rings. The summed E-state index contributed by atoms with van der Waals surface area (Å²) < 4.78 is 29.7. The Morgan fingerprint density at radius 2 is 1.76 bits per heavy atom. The third-order valence-corrected chi connectivity index (χ3v) is 5.76. The smallest absolute Gasteiger partial charge is 0.378 e. The van der Waals surface area contributed by atoms with Crippen LogP contribution in [-0.4, -0.2) is 19.2 Å². The van der Waals surface area contributed by atoms with Crippen molar-refractivity contribution in [2.45, 2.75) is 33.0 Å². The molecule has 1 aliphatic heterocycles. The molecule has 1 unspecified atom stereocenters. The average molecular weight is 312 g/mol. The van der Waals surface area contributed by atoms with Crippen LogP contribution in [-0.2, 0) is 28.5 Å². The molecule has 0 radical (unpaired) electrons. The summed E-state index contributed by atoms with van der Waals surface area (Å²) >= 11 is 0. The van der Waals surface area contributed by atoms with Gasteiger partial charge in [-0.05, 0) is 6.92 Å². The normalized spacial score (nSPS) is 23.0. The van der Waals surface area contributed by atoms with Gasteiger partial charge in [-0.25, -0.2) is 0 Å². The van der Waals surface area contributed by atoms with E-state index >= 15 is 0 Å². The second kappa shape index (κ2) is 5.56. The molecule has 0 spiro atoms. The van der Waals surface area contributed by atoms with Crippen LogP contribution in [0.1, 0.15) is 33.3 Å². The van der Waals surface area contributed by atoms with E-state index in [9.17, 15) is 9.36 Å². The van der Waals surface area contributed by atoms with E-state index < -0.39 is 18.9 Å². The third kappa shape index (κ3) is 3.20. The molecular formula is C15H21O5P. The van der Waals surface area contributed by atoms with Crippen molar-refractivity contribution in [1.29, 1.82) is 0 Å². The zero-order chi connectivity index (χ0) is 15.7. The molecule has 0 aliphatic carbocycles. The summed E-state index contributed by atoms with van der Waals surface area (Å²) in [6, 6.07) is 8.90. The van der Waals surface area contributed by atoms with E-state index in [0.717, 1.165) is 0 Å². The van der Waals surface area contributed by atoms with E-state index in [2.05, 4.69) is 0 Å². The van der Waals surface area contributed by atoms with Gasteiger partial charge in [0.05, 0.1) is 13.2 Å². The van der Waals surface area contributed by atoms with Crippen molar-refractivity contribution < 1.29 is 23.1 Å². The van der Waals surface area contributed by atoms with Crippen molar-refractivity contribution in [3.05, 3.63) is 35.9 Å². The Hall–Kier alpha value is -1.16. The Morgan fingerprint density at radius 3 is 2.24 bits per heavy atom. The van der Waals surface area contributed by atoms with E-state index in [1.807, 2.05) is 19.9 Å². The Labute approximate surface area is 125 Å². The van der Waals surface area contributed by atoms with Crippen molar-refractivity contribution in [3.63, 3.8) is 0 Å². The molecule has 21 heavy (non-hydrogen) atoms. The lowest BCUT2D eigenvalue weighted by atomic mass is 9.97. The van der Waals surface area contributed by atoms with E-state index in [1.165, 1.54) is 6.92 Å². The number of benzene rings is 1. The lowest BCUT2D eigenvalue weighted by molar-refractivity contribution is -0.151. The van der Waals surface area contributed by atoms with Gasteiger partial charge in [0, 0.05) is 17.9 Å². The van der Waals surface area contributed by atoms with Gasteiger partial charge in [-0.15, -0.1) is 0 Å². The minimum atomic E-state index is -3.63. The number of ether oxygens (including phenoxy) is 1. The van der Waals surface area contributed by atoms with Crippen LogP contribution in [0.15, 0.2) is 30.3 Å². The minimum Gasteiger partial charge on any atom is -0.442 e. The Bertz CT molecular complexity index is 555. The Balaban J connectivity index is 2.41. The zero-order valence-electron chi connectivity index (χ0n) is 12.8. The van der Waals surface area contributed by atoms with Crippen molar-refractivity contribution in [2.75, 3.05) is 13.2 Å². The number of hydrogen-bond donors (Lipinski definition) is 0. The number of carbonyl (C=O) groups excluding carboxylic acids is 1. The highest BCUT2D eigenvalue weighted by Gasteiger charge is 2.55. The van der Waals surface area contributed by atoms with Gasteiger partial charge in [-0.3, -0.25) is 9.36 Å². The fraction of sp³-hybridized carbons (Fsp3) is 0.533. The van der Waals surface area contributed by atoms with Gasteiger partial charge in [-0.1, -0.05) is 44.2 Å². The maximum atomic E-state index is 13.2. The summed E-state index contributed by atoms with van der Waals surface area (Å²) in [6.45, 7) is 7.34. The molecule has 1 aliphatic rings. The van der Waals surface area contributed by atoms with Gasteiger partial charge in [0.15, 0.2) is 0 Å². The first-order valence-electron chi connectivity index (χ1n) is 6.83. The molecule has 0 aromatic heterocycles. The molecule has 0 bridgehead atoms. The third-order valence-electron chi connectivity index (χ3n) is 3.42. The van der Waals surface area contributed by atoms with Gasteiger partial charge in [0.25, 0.3) is 0 Å². The van der Waals surface area contributed by atoms with Crippen LogP contribution in [0.25, 0.3) is 0 Å². The summed E-state index contributed by atoms with van der Waals surface area (Å²) in [7, 11) is -3.63. The van der Waals surface area contributed by atoms with Crippen LogP contribution in [0.2, 0.25) is 0 Å². The Morgan fingerprint density at radius 1 is 1.24 bits per heavy atom. The zero-order valence-corrected chi connectivity index (χ0v) is 13.7. The van der Waals surface area contributed by atoms with Gasteiger partial charge in [0.1, 0.15) is 0 Å². The van der Waals surface area contributed by atoms with Gasteiger partial charge in [0.2, 0.25) is 5.34 Å². The predicted octanol–water partition coefficient (Wildman–Crippen LogP) is 3.69. The largest absolute Gasteiger partial charge is 0.442 e. The highest BCUT2D eigenvalue weighted by atomic mass is 31.2. The molecule has 1 saturated heterocycles. The molecular weight excluding hydrogens is 291 g/mol. The van der Waals surface area contributed by atoms with Gasteiger partial charge in [-0.2, -0.15) is 0 Å². The van der Waals surface area contributed by atoms with Crippen LogP contribution in [0.3, 0.4) is 0 Å². The molecule has 0 N–H and O–H groups in total. The average Bonchev–Trinajstić information content (AvgIpc) is 2.42. The first-order valence-corrected chi connectivity index (χ1v) is 8.37. The van der Waals surface area contributed by atoms with E-state index in [4.69, 9.17) is 13.8 Å². The van der Waals surface area contributed by atoms with Crippen LogP contribution in [0.4, 0.5) is 0 Å². The van der Waals surface area contributed by atoms with Crippen molar-refractivity contribution in [1.82, 2.24) is 0 Å². The lowest BCUT2D eigenvalue weighted by Gasteiger charge is -2.41. The van der Waals surface area contributed by atoms with Gasteiger partial charge < -0.3 is 13.8 Å². The number of esters is 1. The summed E-state index contributed by atoms with van der Waals surface area (Å²) in [5, 5.41) is -1.45. The summed E-state index contributed by atoms with van der Waals surface area (Å²) in [5.74, 6) is -0.534.